The van der Waals surface area contributed by atoms with Crippen molar-refractivity contribution in [1.29, 1.82) is 0 Å². The maximum atomic E-state index is 6.43. The first-order chi connectivity index (χ1) is 7.12. The lowest BCUT2D eigenvalue weighted by atomic mass is 9.83. The Morgan fingerprint density at radius 3 is 2.06 bits per heavy atom. The summed E-state index contributed by atoms with van der Waals surface area (Å²) in [5.41, 5.74) is 2.41. The Balaban J connectivity index is 3.08. The zero-order valence-corrected chi connectivity index (χ0v) is 11.9. The van der Waals surface area contributed by atoms with E-state index in [-0.39, 0.29) is 16.2 Å². The lowest BCUT2D eigenvalue weighted by molar-refractivity contribution is 0.515. The van der Waals surface area contributed by atoms with Gasteiger partial charge in [-0.25, -0.2) is 0 Å². The molecule has 0 aromatic carbocycles. The third kappa shape index (κ3) is 3.21. The molecule has 1 aliphatic rings. The van der Waals surface area contributed by atoms with Gasteiger partial charge >= 0.3 is 0 Å². The molecule has 0 aromatic rings. The number of allylic oxidation sites excluding steroid dienone is 3. The van der Waals surface area contributed by atoms with Gasteiger partial charge in [-0.1, -0.05) is 47.6 Å². The summed E-state index contributed by atoms with van der Waals surface area (Å²) in [5.74, 6) is 0. The average molecular weight is 240 g/mol. The smallest absolute Gasteiger partial charge is 0.0909 e. The summed E-state index contributed by atoms with van der Waals surface area (Å²) in [7, 11) is 0. The first-order valence-corrected chi connectivity index (χ1v) is 6.17. The monoisotopic (exact) mass is 239 g/mol. The molecule has 16 heavy (non-hydrogen) atoms. The van der Waals surface area contributed by atoms with E-state index in [1.807, 2.05) is 6.20 Å². The van der Waals surface area contributed by atoms with Gasteiger partial charge in [0, 0.05) is 17.3 Å². The molecular formula is C14H22ClN. The Labute approximate surface area is 104 Å². The topological polar surface area (TPSA) is 12.4 Å². The molecule has 0 saturated carbocycles. The van der Waals surface area contributed by atoms with Crippen LogP contribution in [0.4, 0.5) is 0 Å². The Morgan fingerprint density at radius 2 is 1.62 bits per heavy atom. The third-order valence-corrected chi connectivity index (χ3v) is 3.02. The fourth-order valence-electron chi connectivity index (χ4n) is 1.67. The van der Waals surface area contributed by atoms with Crippen LogP contribution in [0.2, 0.25) is 0 Å². The molecule has 1 heterocycles. The van der Waals surface area contributed by atoms with E-state index in [4.69, 9.17) is 11.6 Å². The first kappa shape index (κ1) is 13.5. The fourth-order valence-corrected chi connectivity index (χ4v) is 2.19. The number of halogens is 1. The van der Waals surface area contributed by atoms with Gasteiger partial charge in [-0.3, -0.25) is 4.99 Å². The summed E-state index contributed by atoms with van der Waals surface area (Å²) >= 11 is 6.43. The van der Waals surface area contributed by atoms with Crippen LogP contribution in [0.25, 0.3) is 0 Å². The normalized spacial score (nSPS) is 22.6. The van der Waals surface area contributed by atoms with Gasteiger partial charge in [0.05, 0.1) is 5.38 Å². The molecule has 2 heteroatoms. The van der Waals surface area contributed by atoms with Crippen molar-refractivity contribution in [3.05, 3.63) is 23.9 Å². The van der Waals surface area contributed by atoms with E-state index in [9.17, 15) is 0 Å². The molecule has 0 radical (unpaired) electrons. The summed E-state index contributed by atoms with van der Waals surface area (Å²) in [6.07, 6.45) is 6.06. The minimum atomic E-state index is -0.107. The second-order valence-electron chi connectivity index (χ2n) is 6.35. The molecule has 1 unspecified atom stereocenters. The summed E-state index contributed by atoms with van der Waals surface area (Å²) in [6, 6.07) is 0. The van der Waals surface area contributed by atoms with Crippen molar-refractivity contribution in [2.45, 2.75) is 46.9 Å². The Kier molecular flexibility index (Phi) is 3.69. The van der Waals surface area contributed by atoms with Crippen LogP contribution in [0.1, 0.15) is 41.5 Å². The number of alkyl halides is 1. The van der Waals surface area contributed by atoms with Crippen molar-refractivity contribution in [3.63, 3.8) is 0 Å². The van der Waals surface area contributed by atoms with Crippen LogP contribution in [0.15, 0.2) is 28.9 Å². The first-order valence-electron chi connectivity index (χ1n) is 5.73. The van der Waals surface area contributed by atoms with Crippen LogP contribution >= 0.6 is 11.6 Å². The van der Waals surface area contributed by atoms with Crippen LogP contribution in [0, 0.1) is 10.8 Å². The van der Waals surface area contributed by atoms with E-state index in [1.165, 1.54) is 5.57 Å². The highest BCUT2D eigenvalue weighted by Crippen LogP contribution is 2.31. The number of hydrogen-bond acceptors (Lipinski definition) is 1. The van der Waals surface area contributed by atoms with Crippen molar-refractivity contribution < 1.29 is 0 Å². The molecule has 1 atom stereocenters. The van der Waals surface area contributed by atoms with Gasteiger partial charge in [0.25, 0.3) is 0 Å². The molecule has 0 bridgehead atoms. The zero-order chi connectivity index (χ0) is 12.6. The lowest BCUT2D eigenvalue weighted by Gasteiger charge is -2.24. The Hall–Kier alpha value is -0.560. The van der Waals surface area contributed by atoms with E-state index < -0.39 is 0 Å². The quantitative estimate of drug-likeness (QED) is 0.549. The van der Waals surface area contributed by atoms with Crippen LogP contribution in [0.5, 0.6) is 0 Å². The SMILES string of the molecule is CC(C)(C)C1=CC(Cl)C(C(C)(C)C)=NC=C1. The van der Waals surface area contributed by atoms with E-state index in [1.54, 1.807) is 0 Å². The molecule has 1 nitrogen and oxygen atoms in total. The van der Waals surface area contributed by atoms with Crippen LogP contribution in [-0.2, 0) is 0 Å². The standard InChI is InChI=1S/C14H22ClN/c1-13(2,3)10-7-8-16-12(11(15)9-10)14(4,5)6/h7-9,11H,1-6H3. The molecule has 90 valence electrons. The largest absolute Gasteiger partial charge is 0.263 e. The average Bonchev–Trinajstić information content (AvgIpc) is 2.23. The van der Waals surface area contributed by atoms with Gasteiger partial charge in [-0.2, -0.15) is 0 Å². The van der Waals surface area contributed by atoms with Crippen molar-refractivity contribution in [2.75, 3.05) is 0 Å². The molecule has 0 fully saturated rings. The molecule has 0 aliphatic carbocycles. The van der Waals surface area contributed by atoms with Gasteiger partial charge in [-0.15, -0.1) is 11.6 Å². The molecule has 0 amide bonds. The van der Waals surface area contributed by atoms with Crippen molar-refractivity contribution in [2.24, 2.45) is 15.8 Å². The second-order valence-corrected chi connectivity index (χ2v) is 6.82. The van der Waals surface area contributed by atoms with E-state index in [2.05, 4.69) is 58.7 Å². The van der Waals surface area contributed by atoms with Crippen molar-refractivity contribution in [1.82, 2.24) is 0 Å². The summed E-state index contributed by atoms with van der Waals surface area (Å²) in [5, 5.41) is -0.107. The highest BCUT2D eigenvalue weighted by Gasteiger charge is 2.27. The van der Waals surface area contributed by atoms with Gasteiger partial charge in [0.15, 0.2) is 0 Å². The van der Waals surface area contributed by atoms with E-state index >= 15 is 0 Å². The lowest BCUT2D eigenvalue weighted by Crippen LogP contribution is -2.28. The predicted molar refractivity (Wildman–Crippen MR) is 73.2 cm³/mol. The predicted octanol–water partition coefficient (Wildman–Crippen LogP) is 4.58. The Morgan fingerprint density at radius 1 is 1.06 bits per heavy atom. The maximum Gasteiger partial charge on any atom is 0.0909 e. The molecule has 1 rings (SSSR count). The molecule has 0 aromatic heterocycles. The van der Waals surface area contributed by atoms with Crippen LogP contribution in [0.3, 0.4) is 0 Å². The van der Waals surface area contributed by atoms with Crippen molar-refractivity contribution >= 4 is 17.3 Å². The number of hydrogen-bond donors (Lipinski definition) is 0. The summed E-state index contributed by atoms with van der Waals surface area (Å²) < 4.78 is 0. The van der Waals surface area contributed by atoms with Crippen molar-refractivity contribution in [3.8, 4) is 0 Å². The second kappa shape index (κ2) is 4.37. The van der Waals surface area contributed by atoms with Gasteiger partial charge < -0.3 is 0 Å². The molecule has 1 aliphatic heterocycles. The van der Waals surface area contributed by atoms with E-state index in [0.717, 1.165) is 5.71 Å². The minimum absolute atomic E-state index is 0.0145. The van der Waals surface area contributed by atoms with Crippen LogP contribution < -0.4 is 0 Å². The van der Waals surface area contributed by atoms with Crippen LogP contribution in [-0.4, -0.2) is 11.1 Å². The fraction of sp³-hybridized carbons (Fsp3) is 0.643. The molecule has 0 spiro atoms. The highest BCUT2D eigenvalue weighted by atomic mass is 35.5. The molecule has 0 N–H and O–H groups in total. The molecular weight excluding hydrogens is 218 g/mol. The number of nitrogens with zero attached hydrogens (tertiary/aromatic N) is 1. The highest BCUT2D eigenvalue weighted by molar-refractivity contribution is 6.34. The Bertz CT molecular complexity index is 348. The van der Waals surface area contributed by atoms with Gasteiger partial charge in [-0.05, 0) is 17.1 Å². The van der Waals surface area contributed by atoms with E-state index in [0.29, 0.717) is 0 Å². The van der Waals surface area contributed by atoms with Gasteiger partial charge in [0.1, 0.15) is 0 Å². The molecule has 0 saturated heterocycles. The summed E-state index contributed by atoms with van der Waals surface area (Å²) in [4.78, 5) is 4.49. The number of rotatable bonds is 0. The summed E-state index contributed by atoms with van der Waals surface area (Å²) in [6.45, 7) is 13.0. The zero-order valence-electron chi connectivity index (χ0n) is 11.1. The maximum absolute atomic E-state index is 6.43. The third-order valence-electron chi connectivity index (χ3n) is 2.69. The van der Waals surface area contributed by atoms with Gasteiger partial charge in [0.2, 0.25) is 0 Å². The number of aliphatic imine (C=N–C) groups is 1. The minimum Gasteiger partial charge on any atom is -0.263 e.